The Hall–Kier alpha value is -1.72. The quantitative estimate of drug-likeness (QED) is 0.711. The molecule has 0 radical (unpaired) electrons. The van der Waals surface area contributed by atoms with E-state index in [4.69, 9.17) is 4.74 Å². The van der Waals surface area contributed by atoms with Gasteiger partial charge in [0.25, 0.3) is 0 Å². The maximum Gasteiger partial charge on any atom is 0.410 e. The van der Waals surface area contributed by atoms with Crippen LogP contribution < -0.4 is 0 Å². The van der Waals surface area contributed by atoms with Gasteiger partial charge < -0.3 is 14.8 Å². The minimum absolute atomic E-state index is 0.287. The van der Waals surface area contributed by atoms with Crippen molar-refractivity contribution in [3.8, 4) is 0 Å². The Bertz CT molecular complexity index is 422. The topological polar surface area (TPSA) is 67.6 Å². The summed E-state index contributed by atoms with van der Waals surface area (Å²) in [5, 5.41) is 13.2. The van der Waals surface area contributed by atoms with Gasteiger partial charge in [-0.25, -0.2) is 4.79 Å². The molecule has 6 heteroatoms. The fraction of sp³-hybridized carbons (Fsp3) is 0.667. The van der Waals surface area contributed by atoms with Crippen LogP contribution in [-0.4, -0.2) is 44.8 Å². The zero-order valence-corrected chi connectivity index (χ0v) is 11.0. The van der Waals surface area contributed by atoms with Crippen LogP contribution in [0.2, 0.25) is 0 Å². The molecule has 0 saturated heterocycles. The van der Waals surface area contributed by atoms with Crippen LogP contribution in [0.5, 0.6) is 0 Å². The molecule has 18 heavy (non-hydrogen) atoms. The van der Waals surface area contributed by atoms with Gasteiger partial charge in [-0.2, -0.15) is 0 Å². The lowest BCUT2D eigenvalue weighted by Crippen LogP contribution is -2.38. The Kier molecular flexibility index (Phi) is 3.19. The average molecular weight is 253 g/mol. The Morgan fingerprint density at radius 3 is 2.72 bits per heavy atom. The Labute approximate surface area is 106 Å². The minimum atomic E-state index is -0.474. The van der Waals surface area contributed by atoms with Gasteiger partial charge in [-0.1, -0.05) is 0 Å². The molecule has 2 rings (SSSR count). The zero-order valence-electron chi connectivity index (χ0n) is 11.0. The Morgan fingerprint density at radius 2 is 2.06 bits per heavy atom. The summed E-state index contributed by atoms with van der Waals surface area (Å²) in [6, 6.07) is 0. The molecule has 0 unspecified atom stereocenters. The largest absolute Gasteiger partial charge is 0.444 e. The molecule has 0 aliphatic carbocycles. The summed E-state index contributed by atoms with van der Waals surface area (Å²) in [4.78, 5) is 14.5. The molecule has 1 aliphatic heterocycles. The van der Waals surface area contributed by atoms with Crippen molar-refractivity contribution < 1.29 is 14.7 Å². The molecular weight excluding hydrogens is 234 g/mol. The summed E-state index contributed by atoms with van der Waals surface area (Å²) in [6.07, 6.45) is 2.63. The molecule has 1 N–H and O–H groups in total. The first-order chi connectivity index (χ1) is 8.35. The van der Waals surface area contributed by atoms with Crippen molar-refractivity contribution in [3.63, 3.8) is 0 Å². The van der Waals surface area contributed by atoms with Crippen LogP contribution in [0.15, 0.2) is 6.20 Å². The van der Waals surface area contributed by atoms with Crippen LogP contribution in [0.3, 0.4) is 0 Å². The van der Waals surface area contributed by atoms with Gasteiger partial charge in [0.05, 0.1) is 11.9 Å². The first kappa shape index (κ1) is 12.7. The van der Waals surface area contributed by atoms with Crippen molar-refractivity contribution in [3.05, 3.63) is 17.5 Å². The number of amides is 1. The third-order valence-corrected chi connectivity index (χ3v) is 2.79. The predicted molar refractivity (Wildman–Crippen MR) is 64.6 cm³/mol. The predicted octanol–water partition coefficient (Wildman–Crippen LogP) is 1.46. The van der Waals surface area contributed by atoms with E-state index in [0.717, 1.165) is 16.1 Å². The molecule has 0 atom stereocenters. The molecule has 1 aliphatic rings. The van der Waals surface area contributed by atoms with Crippen molar-refractivity contribution >= 4 is 6.09 Å². The summed E-state index contributed by atoms with van der Waals surface area (Å²) < 4.78 is 5.34. The van der Waals surface area contributed by atoms with Gasteiger partial charge in [0.1, 0.15) is 5.60 Å². The van der Waals surface area contributed by atoms with Gasteiger partial charge in [0.15, 0.2) is 0 Å². The molecule has 0 aromatic carbocycles. The highest BCUT2D eigenvalue weighted by atomic mass is 16.6. The van der Waals surface area contributed by atoms with Crippen molar-refractivity contribution in [2.24, 2.45) is 0 Å². The van der Waals surface area contributed by atoms with E-state index in [2.05, 4.69) is 5.10 Å². The number of carbonyl (C=O) groups excluding carboxylic acids is 1. The van der Waals surface area contributed by atoms with Crippen molar-refractivity contribution in [1.29, 1.82) is 0 Å². The third kappa shape index (κ3) is 2.94. The minimum Gasteiger partial charge on any atom is -0.444 e. The maximum atomic E-state index is 11.9. The summed E-state index contributed by atoms with van der Waals surface area (Å²) in [5.74, 6) is 0. The number of rotatable bonds is 0. The number of nitrogens with zero attached hydrogens (tertiary/aromatic N) is 3. The number of hydrogen-bond acceptors (Lipinski definition) is 4. The van der Waals surface area contributed by atoms with Gasteiger partial charge in [-0.15, -0.1) is 9.94 Å². The van der Waals surface area contributed by atoms with E-state index < -0.39 is 5.60 Å². The van der Waals surface area contributed by atoms with Crippen LogP contribution in [0, 0.1) is 0 Å². The average Bonchev–Trinajstić information content (AvgIpc) is 2.45. The lowest BCUT2D eigenvalue weighted by molar-refractivity contribution is 0.0257. The van der Waals surface area contributed by atoms with Crippen molar-refractivity contribution in [2.75, 3.05) is 13.1 Å². The van der Waals surface area contributed by atoms with E-state index in [1.54, 1.807) is 11.1 Å². The third-order valence-electron chi connectivity index (χ3n) is 2.79. The van der Waals surface area contributed by atoms with Crippen LogP contribution in [0.25, 0.3) is 0 Å². The lowest BCUT2D eigenvalue weighted by atomic mass is 10.2. The molecule has 1 amide bonds. The fourth-order valence-corrected chi connectivity index (χ4v) is 1.97. The monoisotopic (exact) mass is 253 g/mol. The van der Waals surface area contributed by atoms with E-state index >= 15 is 0 Å². The van der Waals surface area contributed by atoms with Gasteiger partial charge in [0, 0.05) is 19.5 Å². The second-order valence-corrected chi connectivity index (χ2v) is 5.49. The van der Waals surface area contributed by atoms with E-state index in [9.17, 15) is 10.0 Å². The summed E-state index contributed by atoms with van der Waals surface area (Å²) in [6.45, 7) is 6.72. The van der Waals surface area contributed by atoms with E-state index in [0.29, 0.717) is 25.9 Å². The number of ether oxygens (including phenoxy) is 1. The second kappa shape index (κ2) is 4.51. The van der Waals surface area contributed by atoms with E-state index in [1.165, 1.54) is 0 Å². The number of carbonyl (C=O) groups is 1. The molecule has 1 aromatic rings. The Balaban J connectivity index is 2.00. The molecule has 1 aromatic heterocycles. The lowest BCUT2D eigenvalue weighted by Gasteiger charge is -2.26. The Morgan fingerprint density at radius 1 is 1.39 bits per heavy atom. The standard InChI is InChI=1S/C12H19N3O3/c1-12(2,3)18-11(16)14-6-4-9-8-15(17)13-10(9)5-7-14/h8,17H,4-7H2,1-3H3. The van der Waals surface area contributed by atoms with Crippen molar-refractivity contribution in [1.82, 2.24) is 14.8 Å². The second-order valence-electron chi connectivity index (χ2n) is 5.49. The molecule has 0 fully saturated rings. The van der Waals surface area contributed by atoms with Crippen LogP contribution in [0.4, 0.5) is 4.79 Å². The first-order valence-electron chi connectivity index (χ1n) is 6.10. The van der Waals surface area contributed by atoms with Crippen LogP contribution in [0.1, 0.15) is 32.0 Å². The highest BCUT2D eigenvalue weighted by molar-refractivity contribution is 5.68. The highest BCUT2D eigenvalue weighted by Crippen LogP contribution is 2.16. The SMILES string of the molecule is CC(C)(C)OC(=O)N1CCc2cn(O)nc2CC1. The normalized spacial score (nSPS) is 16.1. The van der Waals surface area contributed by atoms with Gasteiger partial charge in [-0.3, -0.25) is 0 Å². The van der Waals surface area contributed by atoms with E-state index in [1.807, 2.05) is 20.8 Å². The number of fused-ring (bicyclic) bond motifs is 1. The van der Waals surface area contributed by atoms with Crippen LogP contribution >= 0.6 is 0 Å². The number of hydrogen-bond donors (Lipinski definition) is 1. The van der Waals surface area contributed by atoms with Crippen molar-refractivity contribution in [2.45, 2.75) is 39.2 Å². The number of aromatic nitrogens is 2. The summed E-state index contributed by atoms with van der Waals surface area (Å²) >= 11 is 0. The highest BCUT2D eigenvalue weighted by Gasteiger charge is 2.25. The fourth-order valence-electron chi connectivity index (χ4n) is 1.97. The molecule has 0 bridgehead atoms. The van der Waals surface area contributed by atoms with Gasteiger partial charge in [0.2, 0.25) is 0 Å². The molecule has 6 nitrogen and oxygen atoms in total. The van der Waals surface area contributed by atoms with E-state index in [-0.39, 0.29) is 6.09 Å². The maximum absolute atomic E-state index is 11.9. The molecule has 2 heterocycles. The van der Waals surface area contributed by atoms with Gasteiger partial charge in [-0.05, 0) is 32.8 Å². The first-order valence-corrected chi connectivity index (χ1v) is 6.10. The molecule has 0 spiro atoms. The summed E-state index contributed by atoms with van der Waals surface area (Å²) in [7, 11) is 0. The smallest absolute Gasteiger partial charge is 0.410 e. The molecular formula is C12H19N3O3. The summed E-state index contributed by atoms with van der Waals surface area (Å²) in [5.41, 5.74) is 1.37. The van der Waals surface area contributed by atoms with Crippen LogP contribution in [-0.2, 0) is 17.6 Å². The zero-order chi connectivity index (χ0) is 13.3. The molecule has 100 valence electrons. The molecule has 0 saturated carbocycles. The van der Waals surface area contributed by atoms with Gasteiger partial charge >= 0.3 is 6.09 Å².